The van der Waals surface area contributed by atoms with Crippen molar-refractivity contribution in [3.8, 4) is 11.3 Å². The standard InChI is InChI=1S/C22H23N5O4/c1-25(22(29)30)17-5-3-16(4-6-17)19-14-27(11-12-31-19)21-24-18(13-20(28)26(21)2)15-7-9-23-10-8-15/h3-10,13,19H,11-12,14H2,1-2H3,(H,29,30). The maximum absolute atomic E-state index is 12.6. The molecule has 1 N–H and O–H groups in total. The number of amides is 1. The monoisotopic (exact) mass is 421 g/mol. The molecule has 1 atom stereocenters. The number of hydrogen-bond acceptors (Lipinski definition) is 6. The minimum atomic E-state index is -1.02. The number of rotatable bonds is 4. The quantitative estimate of drug-likeness (QED) is 0.691. The summed E-state index contributed by atoms with van der Waals surface area (Å²) in [6.45, 7) is 1.61. The summed E-state index contributed by atoms with van der Waals surface area (Å²) >= 11 is 0. The molecule has 3 heterocycles. The van der Waals surface area contributed by atoms with E-state index in [-0.39, 0.29) is 11.7 Å². The third-order valence-corrected chi connectivity index (χ3v) is 5.38. The van der Waals surface area contributed by atoms with Gasteiger partial charge < -0.3 is 14.7 Å². The molecule has 3 aromatic rings. The Morgan fingerprint density at radius 1 is 1.19 bits per heavy atom. The van der Waals surface area contributed by atoms with Crippen LogP contribution in [0.2, 0.25) is 0 Å². The van der Waals surface area contributed by atoms with Crippen molar-refractivity contribution in [2.24, 2.45) is 7.05 Å². The van der Waals surface area contributed by atoms with E-state index in [1.807, 2.05) is 29.2 Å². The highest BCUT2D eigenvalue weighted by molar-refractivity contribution is 5.85. The number of benzene rings is 1. The maximum atomic E-state index is 12.6. The molecule has 0 bridgehead atoms. The average molecular weight is 421 g/mol. The lowest BCUT2D eigenvalue weighted by Crippen LogP contribution is -2.41. The fourth-order valence-corrected chi connectivity index (χ4v) is 3.54. The van der Waals surface area contributed by atoms with Gasteiger partial charge in [-0.2, -0.15) is 0 Å². The van der Waals surface area contributed by atoms with Crippen LogP contribution in [0.3, 0.4) is 0 Å². The van der Waals surface area contributed by atoms with Crippen molar-refractivity contribution < 1.29 is 14.6 Å². The highest BCUT2D eigenvalue weighted by Gasteiger charge is 2.25. The summed E-state index contributed by atoms with van der Waals surface area (Å²) in [7, 11) is 3.21. The topological polar surface area (TPSA) is 101 Å². The van der Waals surface area contributed by atoms with Crippen molar-refractivity contribution >= 4 is 17.7 Å². The Bertz CT molecular complexity index is 1130. The van der Waals surface area contributed by atoms with Gasteiger partial charge in [0.15, 0.2) is 0 Å². The number of nitrogens with zero attached hydrogens (tertiary/aromatic N) is 5. The first-order chi connectivity index (χ1) is 14.9. The second kappa shape index (κ2) is 8.57. The summed E-state index contributed by atoms with van der Waals surface area (Å²) < 4.78 is 7.49. The number of morpholine rings is 1. The van der Waals surface area contributed by atoms with Gasteiger partial charge >= 0.3 is 6.09 Å². The van der Waals surface area contributed by atoms with E-state index < -0.39 is 6.09 Å². The van der Waals surface area contributed by atoms with Gasteiger partial charge in [-0.1, -0.05) is 12.1 Å². The number of anilines is 2. The lowest BCUT2D eigenvalue weighted by Gasteiger charge is -2.34. The zero-order chi connectivity index (χ0) is 22.0. The van der Waals surface area contributed by atoms with E-state index in [1.54, 1.807) is 31.6 Å². The number of pyridine rings is 1. The first-order valence-corrected chi connectivity index (χ1v) is 9.85. The van der Waals surface area contributed by atoms with Crippen LogP contribution >= 0.6 is 0 Å². The van der Waals surface area contributed by atoms with E-state index in [9.17, 15) is 9.59 Å². The molecule has 9 heteroatoms. The summed E-state index contributed by atoms with van der Waals surface area (Å²) in [5.41, 5.74) is 2.81. The van der Waals surface area contributed by atoms with E-state index in [1.165, 1.54) is 17.7 Å². The fraction of sp³-hybridized carbons (Fsp3) is 0.273. The van der Waals surface area contributed by atoms with Gasteiger partial charge in [0.05, 0.1) is 18.8 Å². The fourth-order valence-electron chi connectivity index (χ4n) is 3.54. The molecule has 160 valence electrons. The Hall–Kier alpha value is -3.72. The molecule has 1 fully saturated rings. The van der Waals surface area contributed by atoms with E-state index in [4.69, 9.17) is 14.8 Å². The first kappa shape index (κ1) is 20.5. The summed E-state index contributed by atoms with van der Waals surface area (Å²) in [5, 5.41) is 9.12. The highest BCUT2D eigenvalue weighted by Crippen LogP contribution is 2.27. The molecule has 0 radical (unpaired) electrons. The van der Waals surface area contributed by atoms with Crippen molar-refractivity contribution in [3.05, 3.63) is 70.8 Å². The molecule has 4 rings (SSSR count). The molecule has 0 spiro atoms. The van der Waals surface area contributed by atoms with Gasteiger partial charge in [0.1, 0.15) is 6.10 Å². The average Bonchev–Trinajstić information content (AvgIpc) is 2.81. The van der Waals surface area contributed by atoms with Crippen molar-refractivity contribution in [1.29, 1.82) is 0 Å². The van der Waals surface area contributed by atoms with Crippen molar-refractivity contribution in [1.82, 2.24) is 14.5 Å². The number of ether oxygens (including phenoxy) is 1. The molecule has 0 aliphatic carbocycles. The number of hydrogen-bond donors (Lipinski definition) is 1. The molecule has 1 amide bonds. The van der Waals surface area contributed by atoms with Crippen molar-refractivity contribution in [2.75, 3.05) is 36.5 Å². The number of carbonyl (C=O) groups is 1. The zero-order valence-corrected chi connectivity index (χ0v) is 17.3. The molecule has 31 heavy (non-hydrogen) atoms. The lowest BCUT2D eigenvalue weighted by atomic mass is 10.1. The summed E-state index contributed by atoms with van der Waals surface area (Å²) in [4.78, 5) is 35.7. The zero-order valence-electron chi connectivity index (χ0n) is 17.3. The van der Waals surface area contributed by atoms with Crippen LogP contribution < -0.4 is 15.4 Å². The third kappa shape index (κ3) is 4.26. The smallest absolute Gasteiger partial charge is 0.411 e. The van der Waals surface area contributed by atoms with Gasteiger partial charge in [0.25, 0.3) is 5.56 Å². The Labute approximate surface area is 179 Å². The molecule has 1 aromatic carbocycles. The molecular formula is C22H23N5O4. The molecule has 0 saturated carbocycles. The van der Waals surface area contributed by atoms with Crippen LogP contribution in [0, 0.1) is 0 Å². The van der Waals surface area contributed by atoms with Gasteiger partial charge in [-0.3, -0.25) is 19.2 Å². The first-order valence-electron chi connectivity index (χ1n) is 9.85. The van der Waals surface area contributed by atoms with Crippen molar-refractivity contribution in [2.45, 2.75) is 6.10 Å². The summed E-state index contributed by atoms with van der Waals surface area (Å²) in [6, 6.07) is 12.4. The van der Waals surface area contributed by atoms with E-state index in [0.717, 1.165) is 16.0 Å². The van der Waals surface area contributed by atoms with Crippen LogP contribution in [0.4, 0.5) is 16.4 Å². The van der Waals surface area contributed by atoms with E-state index in [0.29, 0.717) is 37.0 Å². The summed E-state index contributed by atoms with van der Waals surface area (Å²) in [5.74, 6) is 0.579. The van der Waals surface area contributed by atoms with Crippen LogP contribution in [0.1, 0.15) is 11.7 Å². The molecule has 2 aromatic heterocycles. The largest absolute Gasteiger partial charge is 0.465 e. The lowest BCUT2D eigenvalue weighted by molar-refractivity contribution is 0.0390. The van der Waals surface area contributed by atoms with Crippen LogP contribution in [-0.2, 0) is 11.8 Å². The van der Waals surface area contributed by atoms with Crippen LogP contribution in [0.15, 0.2) is 59.7 Å². The van der Waals surface area contributed by atoms with E-state index >= 15 is 0 Å². The molecule has 1 saturated heterocycles. The van der Waals surface area contributed by atoms with Gasteiger partial charge in [-0.15, -0.1) is 0 Å². The van der Waals surface area contributed by atoms with Crippen LogP contribution in [0.25, 0.3) is 11.3 Å². The van der Waals surface area contributed by atoms with Crippen LogP contribution in [-0.4, -0.2) is 52.5 Å². The van der Waals surface area contributed by atoms with Gasteiger partial charge in [-0.05, 0) is 29.8 Å². The normalized spacial score (nSPS) is 16.2. The second-order valence-electron chi connectivity index (χ2n) is 7.31. The van der Waals surface area contributed by atoms with Gasteiger partial charge in [-0.25, -0.2) is 9.78 Å². The third-order valence-electron chi connectivity index (χ3n) is 5.38. The van der Waals surface area contributed by atoms with Crippen molar-refractivity contribution in [3.63, 3.8) is 0 Å². The van der Waals surface area contributed by atoms with Gasteiger partial charge in [0.2, 0.25) is 5.95 Å². The molecule has 9 nitrogen and oxygen atoms in total. The maximum Gasteiger partial charge on any atom is 0.411 e. The minimum absolute atomic E-state index is 0.138. The Kier molecular flexibility index (Phi) is 5.68. The Morgan fingerprint density at radius 3 is 2.58 bits per heavy atom. The van der Waals surface area contributed by atoms with Gasteiger partial charge in [0, 0.05) is 50.4 Å². The van der Waals surface area contributed by atoms with E-state index in [2.05, 4.69) is 4.98 Å². The molecule has 1 unspecified atom stereocenters. The predicted octanol–water partition coefficient (Wildman–Crippen LogP) is 2.53. The summed E-state index contributed by atoms with van der Waals surface area (Å²) in [6.07, 6.45) is 2.10. The second-order valence-corrected chi connectivity index (χ2v) is 7.31. The molecule has 1 aliphatic heterocycles. The number of carboxylic acid groups (broad SMARTS) is 1. The highest BCUT2D eigenvalue weighted by atomic mass is 16.5. The Morgan fingerprint density at radius 2 is 1.90 bits per heavy atom. The Balaban J connectivity index is 1.60. The molecular weight excluding hydrogens is 398 g/mol. The SMILES string of the molecule is CN(C(=O)O)c1ccc(C2CN(c3nc(-c4ccncc4)cc(=O)n3C)CCO2)cc1. The predicted molar refractivity (Wildman–Crippen MR) is 116 cm³/mol. The number of aromatic nitrogens is 3. The molecule has 1 aliphatic rings. The van der Waals surface area contributed by atoms with Crippen LogP contribution in [0.5, 0.6) is 0 Å². The minimum Gasteiger partial charge on any atom is -0.465 e.